The molecule has 1 saturated carbocycles. The summed E-state index contributed by atoms with van der Waals surface area (Å²) in [5.74, 6) is 1.12. The van der Waals surface area contributed by atoms with Crippen LogP contribution < -0.4 is 0 Å². The topological polar surface area (TPSA) is 32.6 Å². The molecule has 1 fully saturated rings. The third kappa shape index (κ3) is 7.04. The standard InChI is InChI=1S/C26H27NO.2ClH.Zr/c1-19-12-14-24(15-13-19)27-18-23-16-22(20-8-4-2-5-9-20)17-25(26(23)28)21-10-6-3-7-11-21;;;/h2-11,16-19,24,28H,12-15H2,1H3;2*1H;/q;;;+2/p-2. The molecule has 0 radical (unpaired) electrons. The molecular weight excluding hydrogens is 504 g/mol. The van der Waals surface area contributed by atoms with Crippen molar-refractivity contribution >= 4 is 23.2 Å². The van der Waals surface area contributed by atoms with E-state index in [1.54, 1.807) is 0 Å². The Labute approximate surface area is 204 Å². The first-order valence-electron chi connectivity index (χ1n) is 10.6. The van der Waals surface area contributed by atoms with Gasteiger partial charge in [-0.25, -0.2) is 0 Å². The van der Waals surface area contributed by atoms with Gasteiger partial charge in [0, 0.05) is 23.4 Å². The maximum atomic E-state index is 11.0. The van der Waals surface area contributed by atoms with Gasteiger partial charge >= 0.3 is 37.9 Å². The monoisotopic (exact) mass is 529 g/mol. The number of rotatable bonds is 4. The fourth-order valence-electron chi connectivity index (χ4n) is 3.97. The fraction of sp³-hybridized carbons (Fsp3) is 0.269. The number of benzene rings is 3. The summed E-state index contributed by atoms with van der Waals surface area (Å²) in [6.45, 7) is 2.32. The second-order valence-corrected chi connectivity index (χ2v) is 11.7. The molecular formula is C26H27Cl2NOZr. The van der Waals surface area contributed by atoms with Gasteiger partial charge in [-0.05, 0) is 60.4 Å². The van der Waals surface area contributed by atoms with E-state index in [1.165, 1.54) is 12.8 Å². The van der Waals surface area contributed by atoms with Crippen molar-refractivity contribution in [3.05, 3.63) is 78.4 Å². The molecule has 1 N–H and O–H groups in total. The molecule has 5 heteroatoms. The van der Waals surface area contributed by atoms with Crippen LogP contribution in [0.4, 0.5) is 0 Å². The SMILES string of the molecule is CC1CCC(N=Cc2cc(-c3ccccc3)cc(-c3ccccc3)c2O)CC1.[Cl][Zr][Cl]. The van der Waals surface area contributed by atoms with Crippen LogP contribution in [0.25, 0.3) is 22.3 Å². The van der Waals surface area contributed by atoms with E-state index >= 15 is 0 Å². The molecule has 1 aliphatic carbocycles. The average Bonchev–Trinajstić information content (AvgIpc) is 2.81. The van der Waals surface area contributed by atoms with E-state index in [9.17, 15) is 5.11 Å². The van der Waals surface area contributed by atoms with E-state index in [-0.39, 0.29) is 0 Å². The van der Waals surface area contributed by atoms with Crippen molar-refractivity contribution in [2.75, 3.05) is 0 Å². The van der Waals surface area contributed by atoms with Gasteiger partial charge in [0.15, 0.2) is 0 Å². The average molecular weight is 532 g/mol. The molecule has 0 amide bonds. The second-order valence-electron chi connectivity index (χ2n) is 7.96. The summed E-state index contributed by atoms with van der Waals surface area (Å²) < 4.78 is 0. The van der Waals surface area contributed by atoms with Gasteiger partial charge in [-0.1, -0.05) is 67.6 Å². The first-order valence-corrected chi connectivity index (χ1v) is 16.9. The zero-order valence-corrected chi connectivity index (χ0v) is 21.6. The first kappa shape index (κ1) is 24.2. The predicted molar refractivity (Wildman–Crippen MR) is 130 cm³/mol. The summed E-state index contributed by atoms with van der Waals surface area (Å²) in [6, 6.07) is 24.9. The van der Waals surface area contributed by atoms with Gasteiger partial charge in [-0.15, -0.1) is 0 Å². The number of hydrogen-bond donors (Lipinski definition) is 1. The number of hydrogen-bond acceptors (Lipinski definition) is 2. The fourth-order valence-corrected chi connectivity index (χ4v) is 3.97. The van der Waals surface area contributed by atoms with E-state index in [1.807, 2.05) is 60.8 Å². The molecule has 0 spiro atoms. The third-order valence-corrected chi connectivity index (χ3v) is 5.74. The van der Waals surface area contributed by atoms with Crippen molar-refractivity contribution in [1.82, 2.24) is 0 Å². The minimum atomic E-state index is -0.826. The minimum absolute atomic E-state index is 0.304. The quantitative estimate of drug-likeness (QED) is 0.339. The molecule has 2 nitrogen and oxygen atoms in total. The van der Waals surface area contributed by atoms with Crippen molar-refractivity contribution in [2.24, 2.45) is 10.9 Å². The summed E-state index contributed by atoms with van der Waals surface area (Å²) in [5.41, 5.74) is 4.88. The Morgan fingerprint density at radius 1 is 0.839 bits per heavy atom. The van der Waals surface area contributed by atoms with Crippen LogP contribution in [-0.4, -0.2) is 17.4 Å². The van der Waals surface area contributed by atoms with Crippen molar-refractivity contribution in [1.29, 1.82) is 0 Å². The number of nitrogens with zero attached hydrogens (tertiary/aromatic N) is 1. The van der Waals surface area contributed by atoms with Gasteiger partial charge in [0.05, 0.1) is 0 Å². The molecule has 3 aromatic rings. The summed E-state index contributed by atoms with van der Waals surface area (Å²) >= 11 is -0.826. The maximum absolute atomic E-state index is 11.0. The normalized spacial score (nSPS) is 18.3. The van der Waals surface area contributed by atoms with E-state index in [0.29, 0.717) is 11.8 Å². The molecule has 160 valence electrons. The van der Waals surface area contributed by atoms with E-state index in [0.717, 1.165) is 46.6 Å². The van der Waals surface area contributed by atoms with Crippen LogP contribution in [0.3, 0.4) is 0 Å². The first-order chi connectivity index (χ1) is 15.1. The Bertz CT molecular complexity index is 971. The van der Waals surface area contributed by atoms with Gasteiger partial charge in [0.2, 0.25) is 0 Å². The van der Waals surface area contributed by atoms with Gasteiger partial charge in [0.1, 0.15) is 5.75 Å². The number of aromatic hydroxyl groups is 1. The van der Waals surface area contributed by atoms with E-state index in [4.69, 9.17) is 22.0 Å². The second kappa shape index (κ2) is 12.6. The Kier molecular flexibility index (Phi) is 9.84. The summed E-state index contributed by atoms with van der Waals surface area (Å²) in [7, 11) is 9.87. The molecule has 0 bridgehead atoms. The Morgan fingerprint density at radius 3 is 1.97 bits per heavy atom. The van der Waals surface area contributed by atoms with Crippen LogP contribution in [0.2, 0.25) is 0 Å². The number of phenols is 1. The van der Waals surface area contributed by atoms with Crippen molar-refractivity contribution < 1.29 is 26.0 Å². The van der Waals surface area contributed by atoms with Crippen LogP contribution >= 0.6 is 17.0 Å². The van der Waals surface area contributed by atoms with Gasteiger partial charge in [-0.3, -0.25) is 4.99 Å². The molecule has 0 aromatic heterocycles. The van der Waals surface area contributed by atoms with E-state index < -0.39 is 20.8 Å². The molecule has 0 saturated heterocycles. The Hall–Kier alpha value is -1.41. The molecule has 0 aliphatic heterocycles. The zero-order valence-electron chi connectivity index (χ0n) is 17.6. The zero-order chi connectivity index (χ0) is 22.1. The molecule has 0 heterocycles. The third-order valence-electron chi connectivity index (χ3n) is 5.74. The number of aliphatic imine (C=N–C) groups is 1. The van der Waals surface area contributed by atoms with Crippen LogP contribution in [0.5, 0.6) is 5.75 Å². The van der Waals surface area contributed by atoms with Gasteiger partial charge in [0.25, 0.3) is 0 Å². The predicted octanol–water partition coefficient (Wildman–Crippen LogP) is 8.10. The van der Waals surface area contributed by atoms with Crippen LogP contribution in [0.15, 0.2) is 77.8 Å². The number of phenolic OH excluding ortho intramolecular Hbond substituents is 1. The molecule has 4 rings (SSSR count). The summed E-state index contributed by atoms with van der Waals surface area (Å²) in [4.78, 5) is 4.83. The number of halogens is 2. The van der Waals surface area contributed by atoms with Crippen LogP contribution in [-0.2, 0) is 20.8 Å². The summed E-state index contributed by atoms with van der Waals surface area (Å²) in [5, 5.41) is 11.0. The molecule has 1 aliphatic rings. The molecule has 0 unspecified atom stereocenters. The van der Waals surface area contributed by atoms with Crippen molar-refractivity contribution in [3.8, 4) is 28.0 Å². The Morgan fingerprint density at radius 2 is 1.39 bits per heavy atom. The summed E-state index contributed by atoms with van der Waals surface area (Å²) in [6.07, 6.45) is 6.65. The Balaban J connectivity index is 0.000000858. The van der Waals surface area contributed by atoms with Gasteiger partial charge in [-0.2, -0.15) is 0 Å². The molecule has 31 heavy (non-hydrogen) atoms. The van der Waals surface area contributed by atoms with Crippen LogP contribution in [0.1, 0.15) is 38.2 Å². The van der Waals surface area contributed by atoms with Crippen molar-refractivity contribution in [3.63, 3.8) is 0 Å². The van der Waals surface area contributed by atoms with Crippen LogP contribution in [0, 0.1) is 5.92 Å². The van der Waals surface area contributed by atoms with Gasteiger partial charge < -0.3 is 5.11 Å². The van der Waals surface area contributed by atoms with E-state index in [2.05, 4.69) is 25.1 Å². The molecule has 3 aromatic carbocycles. The molecule has 0 atom stereocenters. The van der Waals surface area contributed by atoms with Crippen molar-refractivity contribution in [2.45, 2.75) is 38.6 Å².